The number of carbonyl (C=O) groups excluding carboxylic acids is 1. The number of rotatable bonds is 11. The third-order valence-corrected chi connectivity index (χ3v) is 6.54. The van der Waals surface area contributed by atoms with Crippen molar-refractivity contribution in [2.45, 2.75) is 18.7 Å². The summed E-state index contributed by atoms with van der Waals surface area (Å²) < 4.78 is 28.2. The summed E-state index contributed by atoms with van der Waals surface area (Å²) in [7, 11) is -4.01. The number of halogens is 1. The van der Waals surface area contributed by atoms with Crippen LogP contribution in [0.1, 0.15) is 12.5 Å². The summed E-state index contributed by atoms with van der Waals surface area (Å²) in [4.78, 5) is 31.7. The standard InChI is InChI=1S/C19H18N10O7S2.ClH/c1-11-5-16(3-4-17(11)24-12(2)30)38(35,36)23-10-21-20-9-22-26-19-27-25-18(37-19)13-6-14(28(31)32)8-15(7-13)29(33)34;/h3-10H,1-2H3,(H,20,22)(H,21,23)(H,24,30)(H,26,27);1H. The minimum absolute atomic E-state index is 0. The summed E-state index contributed by atoms with van der Waals surface area (Å²) in [6.45, 7) is 2.98. The SMILES string of the molecule is CC(=O)Nc1ccc(S(=O)(=O)/N=C/NN/C=N/Nc2nnc(-c3cc([N+](=O)[O-])cc([N+](=O)[O-])c3)s2)cc1C.Cl. The number of hydrogen-bond donors (Lipinski definition) is 4. The van der Waals surface area contributed by atoms with Gasteiger partial charge in [0.15, 0.2) is 0 Å². The number of hydrogen-bond acceptors (Lipinski definition) is 12. The Kier molecular flexibility index (Phi) is 10.3. The normalized spacial score (nSPS) is 11.1. The van der Waals surface area contributed by atoms with Crippen molar-refractivity contribution in [2.24, 2.45) is 9.50 Å². The van der Waals surface area contributed by atoms with E-state index in [1.165, 1.54) is 25.1 Å². The Morgan fingerprint density at radius 1 is 1.03 bits per heavy atom. The Morgan fingerprint density at radius 3 is 2.26 bits per heavy atom. The van der Waals surface area contributed by atoms with Crippen LogP contribution in [0.4, 0.5) is 22.2 Å². The number of sulfonamides is 1. The maximum atomic E-state index is 12.3. The van der Waals surface area contributed by atoms with Gasteiger partial charge in [0.05, 0.1) is 20.8 Å². The van der Waals surface area contributed by atoms with Crippen molar-refractivity contribution in [3.8, 4) is 10.6 Å². The minimum atomic E-state index is -4.01. The van der Waals surface area contributed by atoms with Crippen LogP contribution in [0.5, 0.6) is 0 Å². The molecule has 0 saturated heterocycles. The number of nitro benzene ring substituents is 2. The predicted molar refractivity (Wildman–Crippen MR) is 145 cm³/mol. The Bertz CT molecular complexity index is 1530. The first kappa shape index (κ1) is 30.5. The number of nitrogens with zero attached hydrogens (tertiary/aromatic N) is 6. The van der Waals surface area contributed by atoms with Crippen LogP contribution < -0.4 is 21.6 Å². The molecule has 0 spiro atoms. The Labute approximate surface area is 230 Å². The average Bonchev–Trinajstić information content (AvgIpc) is 3.33. The summed E-state index contributed by atoms with van der Waals surface area (Å²) in [5.41, 5.74) is 7.58. The molecule has 0 bridgehead atoms. The first-order chi connectivity index (χ1) is 18.0. The Balaban J connectivity index is 0.00000533. The molecule has 4 N–H and O–H groups in total. The molecule has 0 aliphatic rings. The van der Waals surface area contributed by atoms with Gasteiger partial charge in [0.25, 0.3) is 21.4 Å². The van der Waals surface area contributed by atoms with Gasteiger partial charge in [-0.05, 0) is 30.7 Å². The van der Waals surface area contributed by atoms with Crippen molar-refractivity contribution in [3.05, 3.63) is 62.2 Å². The zero-order chi connectivity index (χ0) is 27.9. The zero-order valence-electron chi connectivity index (χ0n) is 19.9. The molecule has 206 valence electrons. The number of amides is 1. The highest BCUT2D eigenvalue weighted by Crippen LogP contribution is 2.32. The summed E-state index contributed by atoms with van der Waals surface area (Å²) in [5.74, 6) is -0.284. The lowest BCUT2D eigenvalue weighted by Gasteiger charge is -2.07. The molecule has 0 radical (unpaired) electrons. The average molecular weight is 599 g/mol. The molecule has 1 amide bonds. The zero-order valence-corrected chi connectivity index (χ0v) is 22.3. The van der Waals surface area contributed by atoms with E-state index in [0.717, 1.165) is 42.2 Å². The number of hydrazone groups is 1. The van der Waals surface area contributed by atoms with Crippen molar-refractivity contribution in [2.75, 3.05) is 10.7 Å². The van der Waals surface area contributed by atoms with Gasteiger partial charge in [-0.15, -0.1) is 27.0 Å². The number of nitrogens with one attached hydrogen (secondary N) is 4. The molecule has 2 aromatic carbocycles. The van der Waals surface area contributed by atoms with Crippen LogP contribution in [-0.2, 0) is 14.8 Å². The highest BCUT2D eigenvalue weighted by atomic mass is 35.5. The van der Waals surface area contributed by atoms with Gasteiger partial charge in [-0.1, -0.05) is 11.3 Å². The molecule has 3 rings (SSSR count). The third-order valence-electron chi connectivity index (χ3n) is 4.43. The molecule has 0 aliphatic carbocycles. The van der Waals surface area contributed by atoms with Crippen LogP contribution in [-0.4, -0.2) is 47.0 Å². The molecule has 3 aromatic rings. The van der Waals surface area contributed by atoms with E-state index in [9.17, 15) is 33.4 Å². The van der Waals surface area contributed by atoms with Crippen molar-refractivity contribution in [1.82, 2.24) is 21.0 Å². The summed E-state index contributed by atoms with van der Waals surface area (Å²) in [5, 5.41) is 36.4. The van der Waals surface area contributed by atoms with Gasteiger partial charge in [0.1, 0.15) is 17.7 Å². The smallest absolute Gasteiger partial charge is 0.283 e. The number of hydrazine groups is 1. The highest BCUT2D eigenvalue weighted by Gasteiger charge is 2.19. The van der Waals surface area contributed by atoms with Crippen molar-refractivity contribution < 1.29 is 23.1 Å². The lowest BCUT2D eigenvalue weighted by Crippen LogP contribution is -2.29. The van der Waals surface area contributed by atoms with E-state index in [1.807, 2.05) is 0 Å². The Morgan fingerprint density at radius 2 is 1.67 bits per heavy atom. The van der Waals surface area contributed by atoms with Gasteiger partial charge in [-0.3, -0.25) is 35.9 Å². The molecule has 0 saturated carbocycles. The second-order valence-corrected chi connectivity index (χ2v) is 9.80. The number of aromatic nitrogens is 2. The van der Waals surface area contributed by atoms with Gasteiger partial charge in [0.2, 0.25) is 11.0 Å². The number of non-ortho nitro benzene ring substituents is 2. The summed E-state index contributed by atoms with van der Waals surface area (Å²) in [6.07, 6.45) is 1.99. The largest absolute Gasteiger partial charge is 0.326 e. The number of carbonyl (C=O) groups is 1. The van der Waals surface area contributed by atoms with E-state index in [-0.39, 0.29) is 38.9 Å². The fourth-order valence-corrected chi connectivity index (χ4v) is 4.35. The van der Waals surface area contributed by atoms with E-state index >= 15 is 0 Å². The van der Waals surface area contributed by atoms with E-state index in [2.05, 4.69) is 41.3 Å². The van der Waals surface area contributed by atoms with Crippen LogP contribution in [0.3, 0.4) is 0 Å². The fraction of sp³-hybridized carbons (Fsp3) is 0.105. The van der Waals surface area contributed by atoms with Gasteiger partial charge >= 0.3 is 0 Å². The number of benzene rings is 2. The molecule has 0 aliphatic heterocycles. The van der Waals surface area contributed by atoms with Crippen molar-refractivity contribution in [3.63, 3.8) is 0 Å². The molecule has 20 heteroatoms. The van der Waals surface area contributed by atoms with Crippen molar-refractivity contribution >= 4 is 74.5 Å². The molecule has 1 aromatic heterocycles. The quantitative estimate of drug-likeness (QED) is 0.0818. The molecule has 1 heterocycles. The first-order valence-electron chi connectivity index (χ1n) is 10.2. The third kappa shape index (κ3) is 8.38. The molecule has 0 atom stereocenters. The van der Waals surface area contributed by atoms with Crippen LogP contribution >= 0.6 is 23.7 Å². The minimum Gasteiger partial charge on any atom is -0.326 e. The highest BCUT2D eigenvalue weighted by molar-refractivity contribution is 7.90. The molecular weight excluding hydrogens is 580 g/mol. The van der Waals surface area contributed by atoms with Gasteiger partial charge < -0.3 is 5.32 Å². The lowest BCUT2D eigenvalue weighted by molar-refractivity contribution is -0.394. The van der Waals surface area contributed by atoms with E-state index in [1.54, 1.807) is 6.92 Å². The van der Waals surface area contributed by atoms with E-state index in [4.69, 9.17) is 0 Å². The van der Waals surface area contributed by atoms with Gasteiger partial charge in [0, 0.05) is 30.3 Å². The first-order valence-corrected chi connectivity index (χ1v) is 12.5. The maximum absolute atomic E-state index is 12.3. The van der Waals surface area contributed by atoms with Crippen LogP contribution in [0.2, 0.25) is 0 Å². The van der Waals surface area contributed by atoms with Crippen LogP contribution in [0.25, 0.3) is 10.6 Å². The molecule has 0 unspecified atom stereocenters. The van der Waals surface area contributed by atoms with Gasteiger partial charge in [-0.2, -0.15) is 13.5 Å². The molecule has 17 nitrogen and oxygen atoms in total. The molecule has 39 heavy (non-hydrogen) atoms. The Hall–Kier alpha value is -4.75. The summed E-state index contributed by atoms with van der Waals surface area (Å²) >= 11 is 0.932. The molecule has 0 fully saturated rings. The topological polar surface area (TPSA) is 236 Å². The second kappa shape index (κ2) is 13.2. The monoisotopic (exact) mass is 598 g/mol. The fourth-order valence-electron chi connectivity index (χ4n) is 2.79. The second-order valence-electron chi connectivity index (χ2n) is 7.19. The number of anilines is 2. The maximum Gasteiger partial charge on any atom is 0.283 e. The van der Waals surface area contributed by atoms with Crippen molar-refractivity contribution in [1.29, 1.82) is 0 Å². The number of nitro groups is 2. The summed E-state index contributed by atoms with van der Waals surface area (Å²) in [6, 6.07) is 7.26. The predicted octanol–water partition coefficient (Wildman–Crippen LogP) is 2.58. The molecular formula is C19H19ClN10O7S2. The van der Waals surface area contributed by atoms with Gasteiger partial charge in [-0.25, -0.2) is 5.43 Å². The lowest BCUT2D eigenvalue weighted by atomic mass is 10.2. The van der Waals surface area contributed by atoms with Crippen LogP contribution in [0.15, 0.2) is 50.8 Å². The van der Waals surface area contributed by atoms with Crippen LogP contribution in [0, 0.1) is 27.2 Å². The van der Waals surface area contributed by atoms with E-state index < -0.39 is 31.2 Å². The van der Waals surface area contributed by atoms with E-state index in [0.29, 0.717) is 11.3 Å². The number of aryl methyl sites for hydroxylation is 1.